The second kappa shape index (κ2) is 5.15. The molecule has 0 bridgehead atoms. The predicted octanol–water partition coefficient (Wildman–Crippen LogP) is 2.84. The maximum atomic E-state index is 12.7. The molecule has 3 nitrogen and oxygen atoms in total. The number of aromatic nitrogens is 2. The van der Waals surface area contributed by atoms with Gasteiger partial charge in [0.15, 0.2) is 0 Å². The van der Waals surface area contributed by atoms with Crippen LogP contribution in [0.25, 0.3) is 0 Å². The average Bonchev–Trinajstić information content (AvgIpc) is 2.71. The SMILES string of the molecule is Cn1nccc1CCC1(O)CCCC(C(F)(F)F)C1. The molecular formula is C13H19F3N2O. The lowest BCUT2D eigenvalue weighted by Crippen LogP contribution is -2.40. The van der Waals surface area contributed by atoms with Gasteiger partial charge in [-0.3, -0.25) is 4.68 Å². The van der Waals surface area contributed by atoms with Gasteiger partial charge < -0.3 is 5.11 Å². The van der Waals surface area contributed by atoms with E-state index in [1.54, 1.807) is 17.9 Å². The molecule has 1 aromatic heterocycles. The Morgan fingerprint density at radius 1 is 1.53 bits per heavy atom. The minimum atomic E-state index is -4.19. The van der Waals surface area contributed by atoms with Crippen LogP contribution in [-0.4, -0.2) is 26.7 Å². The van der Waals surface area contributed by atoms with Crippen molar-refractivity contribution in [2.24, 2.45) is 13.0 Å². The van der Waals surface area contributed by atoms with Crippen LogP contribution in [0.5, 0.6) is 0 Å². The summed E-state index contributed by atoms with van der Waals surface area (Å²) in [5.41, 5.74) is -0.259. The van der Waals surface area contributed by atoms with E-state index in [9.17, 15) is 18.3 Å². The van der Waals surface area contributed by atoms with E-state index in [0.29, 0.717) is 25.7 Å². The van der Waals surface area contributed by atoms with Crippen molar-refractivity contribution in [2.45, 2.75) is 50.3 Å². The van der Waals surface area contributed by atoms with Crippen LogP contribution in [0.3, 0.4) is 0 Å². The van der Waals surface area contributed by atoms with Crippen LogP contribution < -0.4 is 0 Å². The van der Waals surface area contributed by atoms with Gasteiger partial charge in [-0.1, -0.05) is 0 Å². The van der Waals surface area contributed by atoms with Crippen LogP contribution in [-0.2, 0) is 13.5 Å². The second-order valence-electron chi connectivity index (χ2n) is 5.51. The number of alkyl halides is 3. The van der Waals surface area contributed by atoms with E-state index < -0.39 is 17.7 Å². The van der Waals surface area contributed by atoms with Crippen molar-refractivity contribution in [3.63, 3.8) is 0 Å². The summed E-state index contributed by atoms with van der Waals surface area (Å²) in [5.74, 6) is -1.36. The Labute approximate surface area is 110 Å². The molecule has 2 unspecified atom stereocenters. The number of halogens is 3. The van der Waals surface area contributed by atoms with E-state index in [2.05, 4.69) is 5.10 Å². The minimum Gasteiger partial charge on any atom is -0.390 e. The van der Waals surface area contributed by atoms with Crippen molar-refractivity contribution >= 4 is 0 Å². The molecule has 1 aliphatic carbocycles. The smallest absolute Gasteiger partial charge is 0.390 e. The van der Waals surface area contributed by atoms with Crippen molar-refractivity contribution in [1.82, 2.24) is 9.78 Å². The summed E-state index contributed by atoms with van der Waals surface area (Å²) in [4.78, 5) is 0. The van der Waals surface area contributed by atoms with Crippen molar-refractivity contribution in [2.75, 3.05) is 0 Å². The van der Waals surface area contributed by atoms with Crippen molar-refractivity contribution < 1.29 is 18.3 Å². The molecule has 108 valence electrons. The number of hydrogen-bond donors (Lipinski definition) is 1. The zero-order valence-electron chi connectivity index (χ0n) is 11.0. The van der Waals surface area contributed by atoms with E-state index in [1.807, 2.05) is 6.07 Å². The summed E-state index contributed by atoms with van der Waals surface area (Å²) in [5, 5.41) is 14.4. The van der Waals surface area contributed by atoms with Gasteiger partial charge in [-0.25, -0.2) is 0 Å². The number of nitrogens with zero attached hydrogens (tertiary/aromatic N) is 2. The largest absolute Gasteiger partial charge is 0.391 e. The van der Waals surface area contributed by atoms with Crippen molar-refractivity contribution in [3.8, 4) is 0 Å². The molecule has 1 heterocycles. The van der Waals surface area contributed by atoms with Gasteiger partial charge in [0.05, 0.1) is 11.5 Å². The molecule has 1 aromatic rings. The molecule has 0 amide bonds. The lowest BCUT2D eigenvalue weighted by atomic mass is 9.75. The Kier molecular flexibility index (Phi) is 3.90. The minimum absolute atomic E-state index is 0.136. The van der Waals surface area contributed by atoms with Gasteiger partial charge in [0.25, 0.3) is 0 Å². The number of aliphatic hydroxyl groups is 1. The van der Waals surface area contributed by atoms with Crippen molar-refractivity contribution in [1.29, 1.82) is 0 Å². The van der Waals surface area contributed by atoms with Crippen LogP contribution in [0.1, 0.15) is 37.8 Å². The molecule has 1 N–H and O–H groups in total. The fraction of sp³-hybridized carbons (Fsp3) is 0.769. The van der Waals surface area contributed by atoms with Gasteiger partial charge in [0, 0.05) is 18.9 Å². The van der Waals surface area contributed by atoms with Gasteiger partial charge in [-0.2, -0.15) is 18.3 Å². The van der Waals surface area contributed by atoms with Gasteiger partial charge in [-0.15, -0.1) is 0 Å². The molecule has 1 fully saturated rings. The van der Waals surface area contributed by atoms with Crippen LogP contribution in [0.2, 0.25) is 0 Å². The Hall–Kier alpha value is -1.04. The van der Waals surface area contributed by atoms with Crippen LogP contribution in [0, 0.1) is 5.92 Å². The first kappa shape index (κ1) is 14.4. The lowest BCUT2D eigenvalue weighted by Gasteiger charge is -2.37. The molecule has 0 saturated heterocycles. The first-order chi connectivity index (χ1) is 8.80. The van der Waals surface area contributed by atoms with Gasteiger partial charge in [-0.05, 0) is 44.6 Å². The molecule has 0 aliphatic heterocycles. The Morgan fingerprint density at radius 2 is 2.26 bits per heavy atom. The molecule has 0 aromatic carbocycles. The highest BCUT2D eigenvalue weighted by molar-refractivity contribution is 5.02. The fourth-order valence-electron chi connectivity index (χ4n) is 2.85. The zero-order valence-corrected chi connectivity index (χ0v) is 11.0. The number of aryl methyl sites for hydroxylation is 2. The summed E-state index contributed by atoms with van der Waals surface area (Å²) in [7, 11) is 1.79. The highest BCUT2D eigenvalue weighted by atomic mass is 19.4. The Morgan fingerprint density at radius 3 is 2.84 bits per heavy atom. The standard InChI is InChI=1S/C13H19F3N2O/c1-18-11(5-8-17-18)4-7-12(19)6-2-3-10(9-12)13(14,15)16/h5,8,10,19H,2-4,6-7,9H2,1H3. The maximum Gasteiger partial charge on any atom is 0.391 e. The monoisotopic (exact) mass is 276 g/mol. The molecular weight excluding hydrogens is 257 g/mol. The van der Waals surface area contributed by atoms with E-state index in [0.717, 1.165) is 5.69 Å². The van der Waals surface area contributed by atoms with E-state index in [4.69, 9.17) is 0 Å². The molecule has 19 heavy (non-hydrogen) atoms. The first-order valence-electron chi connectivity index (χ1n) is 6.56. The van der Waals surface area contributed by atoms with Gasteiger partial charge >= 0.3 is 6.18 Å². The third kappa shape index (κ3) is 3.49. The third-order valence-electron chi connectivity index (χ3n) is 4.05. The summed E-state index contributed by atoms with van der Waals surface area (Å²) in [6.07, 6.45) is -0.772. The van der Waals surface area contributed by atoms with Crippen LogP contribution >= 0.6 is 0 Å². The molecule has 0 radical (unpaired) electrons. The topological polar surface area (TPSA) is 38.0 Å². The highest BCUT2D eigenvalue weighted by Crippen LogP contribution is 2.43. The maximum absolute atomic E-state index is 12.7. The third-order valence-corrected chi connectivity index (χ3v) is 4.05. The highest BCUT2D eigenvalue weighted by Gasteiger charge is 2.46. The fourth-order valence-corrected chi connectivity index (χ4v) is 2.85. The van der Waals surface area contributed by atoms with Gasteiger partial charge in [0.2, 0.25) is 0 Å². The molecule has 6 heteroatoms. The zero-order chi connectivity index (χ0) is 14.1. The summed E-state index contributed by atoms with van der Waals surface area (Å²) >= 11 is 0. The quantitative estimate of drug-likeness (QED) is 0.922. The molecule has 1 saturated carbocycles. The first-order valence-corrected chi connectivity index (χ1v) is 6.56. The Bertz CT molecular complexity index is 430. The summed E-state index contributed by atoms with van der Waals surface area (Å²) in [6, 6.07) is 1.83. The van der Waals surface area contributed by atoms with Crippen LogP contribution in [0.4, 0.5) is 13.2 Å². The average molecular weight is 276 g/mol. The molecule has 2 atom stereocenters. The van der Waals surface area contributed by atoms with Crippen LogP contribution in [0.15, 0.2) is 12.3 Å². The van der Waals surface area contributed by atoms with Crippen molar-refractivity contribution in [3.05, 3.63) is 18.0 Å². The molecule has 1 aliphatic rings. The summed E-state index contributed by atoms with van der Waals surface area (Å²) < 4.78 is 39.9. The predicted molar refractivity (Wildman–Crippen MR) is 64.5 cm³/mol. The summed E-state index contributed by atoms with van der Waals surface area (Å²) in [6.45, 7) is 0. The molecule has 2 rings (SSSR count). The van der Waals surface area contributed by atoms with Gasteiger partial charge in [0.1, 0.15) is 0 Å². The number of rotatable bonds is 3. The lowest BCUT2D eigenvalue weighted by molar-refractivity contribution is -0.201. The molecule has 0 spiro atoms. The normalized spacial score (nSPS) is 28.6. The Balaban J connectivity index is 1.96. The van der Waals surface area contributed by atoms with E-state index in [-0.39, 0.29) is 12.8 Å². The second-order valence-corrected chi connectivity index (χ2v) is 5.51. The van der Waals surface area contributed by atoms with E-state index in [1.165, 1.54) is 0 Å². The van der Waals surface area contributed by atoms with E-state index >= 15 is 0 Å². The number of hydrogen-bond acceptors (Lipinski definition) is 2.